The molecule has 0 aliphatic carbocycles. The van der Waals surface area contributed by atoms with Crippen molar-refractivity contribution in [2.45, 2.75) is 45.8 Å². The average Bonchev–Trinajstić information content (AvgIpc) is 2.27. The number of aliphatic hydroxyl groups is 1. The number of carbonyl (C=O) groups excluding carboxylic acids is 1. The Morgan fingerprint density at radius 1 is 1.58 bits per heavy atom. The second-order valence-corrected chi connectivity index (χ2v) is 5.79. The molecule has 0 saturated carbocycles. The van der Waals surface area contributed by atoms with Crippen molar-refractivity contribution >= 4 is 11.9 Å². The van der Waals surface area contributed by atoms with Crippen molar-refractivity contribution < 1.29 is 14.6 Å². The van der Waals surface area contributed by atoms with E-state index in [1.807, 2.05) is 27.7 Å². The number of rotatable bonds is 3. The Morgan fingerprint density at radius 3 is 2.84 bits per heavy atom. The summed E-state index contributed by atoms with van der Waals surface area (Å²) in [5, 5.41) is 12.1. The van der Waals surface area contributed by atoms with E-state index in [1.54, 1.807) is 4.90 Å². The van der Waals surface area contributed by atoms with Crippen LogP contribution in [0.3, 0.4) is 0 Å². The van der Waals surface area contributed by atoms with Crippen LogP contribution in [0.4, 0.5) is 4.79 Å². The first kappa shape index (κ1) is 15.8. The molecule has 6 heteroatoms. The third-order valence-electron chi connectivity index (χ3n) is 2.64. The van der Waals surface area contributed by atoms with Crippen molar-refractivity contribution in [1.29, 1.82) is 0 Å². The molecule has 1 amide bonds. The number of aliphatic hydroxyl groups excluding tert-OH is 1. The lowest BCUT2D eigenvalue weighted by molar-refractivity contribution is 0.0276. The van der Waals surface area contributed by atoms with E-state index >= 15 is 0 Å². The number of nitrogens with one attached hydrogen (secondary N) is 1. The van der Waals surface area contributed by atoms with Gasteiger partial charge in [-0.25, -0.2) is 4.79 Å². The van der Waals surface area contributed by atoms with Crippen molar-refractivity contribution in [3.8, 4) is 0 Å². The molecule has 0 aromatic rings. The Labute approximate surface area is 114 Å². The fourth-order valence-corrected chi connectivity index (χ4v) is 1.74. The molecule has 0 radical (unpaired) electrons. The molecular weight excluding hydrogens is 246 g/mol. The Morgan fingerprint density at radius 2 is 2.26 bits per heavy atom. The summed E-state index contributed by atoms with van der Waals surface area (Å²) in [6.07, 6.45) is 0.349. The molecule has 2 N–H and O–H groups in total. The molecule has 1 unspecified atom stereocenters. The summed E-state index contributed by atoms with van der Waals surface area (Å²) >= 11 is 0. The topological polar surface area (TPSA) is 74.2 Å². The van der Waals surface area contributed by atoms with Gasteiger partial charge in [-0.3, -0.25) is 9.89 Å². The summed E-state index contributed by atoms with van der Waals surface area (Å²) in [6.45, 7) is 9.26. The van der Waals surface area contributed by atoms with Crippen molar-refractivity contribution in [2.75, 3.05) is 26.2 Å². The third kappa shape index (κ3) is 5.92. The van der Waals surface area contributed by atoms with E-state index in [-0.39, 0.29) is 18.7 Å². The zero-order chi connectivity index (χ0) is 14.5. The molecule has 0 aromatic heterocycles. The number of ether oxygens (including phenoxy) is 1. The van der Waals surface area contributed by atoms with Gasteiger partial charge in [0.15, 0.2) is 0 Å². The van der Waals surface area contributed by atoms with E-state index in [0.717, 1.165) is 5.84 Å². The minimum absolute atomic E-state index is 0.136. The van der Waals surface area contributed by atoms with Crippen molar-refractivity contribution in [1.82, 2.24) is 10.2 Å². The second-order valence-electron chi connectivity index (χ2n) is 5.79. The maximum atomic E-state index is 12.0. The molecule has 110 valence electrons. The zero-order valence-corrected chi connectivity index (χ0v) is 12.3. The maximum absolute atomic E-state index is 12.0. The van der Waals surface area contributed by atoms with E-state index < -0.39 is 5.60 Å². The standard InChI is InChI=1S/C13H25N3O3/c1-10(5-8-17)15-11-9-16(7-6-14-11)12(18)19-13(2,3)4/h10,17H,5-9H2,1-4H3,(H,14,15). The number of carbonyl (C=O) groups is 1. The number of aliphatic imine (C=N–C) groups is 1. The van der Waals surface area contributed by atoms with Crippen LogP contribution in [-0.2, 0) is 4.74 Å². The van der Waals surface area contributed by atoms with Crippen molar-refractivity contribution in [3.05, 3.63) is 0 Å². The van der Waals surface area contributed by atoms with E-state index in [0.29, 0.717) is 26.1 Å². The summed E-state index contributed by atoms with van der Waals surface area (Å²) in [5.41, 5.74) is -0.483. The highest BCUT2D eigenvalue weighted by molar-refractivity contribution is 5.88. The Balaban J connectivity index is 2.49. The quantitative estimate of drug-likeness (QED) is 0.803. The average molecular weight is 271 g/mol. The highest BCUT2D eigenvalue weighted by Gasteiger charge is 2.25. The van der Waals surface area contributed by atoms with Gasteiger partial charge in [0.25, 0.3) is 0 Å². The number of hydrogen-bond acceptors (Lipinski definition) is 5. The van der Waals surface area contributed by atoms with Gasteiger partial charge in [-0.1, -0.05) is 0 Å². The SMILES string of the molecule is CC(CCO)NC1=NCCN(C(=O)OC(C)(C)C)C1. The molecule has 0 bridgehead atoms. The lowest BCUT2D eigenvalue weighted by Gasteiger charge is -2.30. The predicted molar refractivity (Wildman–Crippen MR) is 74.4 cm³/mol. The van der Waals surface area contributed by atoms with Crippen molar-refractivity contribution in [3.63, 3.8) is 0 Å². The first-order chi connectivity index (χ1) is 8.81. The number of hydrogen-bond donors (Lipinski definition) is 2. The van der Waals surface area contributed by atoms with Gasteiger partial charge < -0.3 is 15.2 Å². The van der Waals surface area contributed by atoms with Crippen LogP contribution in [0, 0.1) is 0 Å². The van der Waals surface area contributed by atoms with Crippen LogP contribution < -0.4 is 5.32 Å². The zero-order valence-electron chi connectivity index (χ0n) is 12.3. The molecule has 0 saturated heterocycles. The highest BCUT2D eigenvalue weighted by atomic mass is 16.6. The number of amides is 1. The molecule has 0 spiro atoms. The van der Waals surface area contributed by atoms with E-state index in [1.165, 1.54) is 0 Å². The minimum atomic E-state index is -0.483. The second kappa shape index (κ2) is 6.75. The summed E-state index contributed by atoms with van der Waals surface area (Å²) < 4.78 is 5.34. The molecule has 0 aromatic carbocycles. The Bertz CT molecular complexity index is 337. The highest BCUT2D eigenvalue weighted by Crippen LogP contribution is 2.11. The fourth-order valence-electron chi connectivity index (χ4n) is 1.74. The monoisotopic (exact) mass is 271 g/mol. The molecule has 1 aliphatic heterocycles. The summed E-state index contributed by atoms with van der Waals surface area (Å²) in [5.74, 6) is 0.776. The van der Waals surface area contributed by atoms with Gasteiger partial charge in [0.1, 0.15) is 11.4 Å². The van der Waals surface area contributed by atoms with Gasteiger partial charge in [-0.15, -0.1) is 0 Å². The molecule has 19 heavy (non-hydrogen) atoms. The number of amidine groups is 1. The molecule has 1 aliphatic rings. The lowest BCUT2D eigenvalue weighted by atomic mass is 10.2. The fraction of sp³-hybridized carbons (Fsp3) is 0.846. The van der Waals surface area contributed by atoms with Crippen molar-refractivity contribution in [2.24, 2.45) is 4.99 Å². The van der Waals surface area contributed by atoms with Gasteiger partial charge in [-0.05, 0) is 34.1 Å². The molecule has 1 atom stereocenters. The summed E-state index contributed by atoms with van der Waals surface area (Å²) in [7, 11) is 0. The molecule has 1 heterocycles. The first-order valence-corrected chi connectivity index (χ1v) is 6.70. The molecule has 0 fully saturated rings. The van der Waals surface area contributed by atoms with Crippen LogP contribution in [0.5, 0.6) is 0 Å². The smallest absolute Gasteiger partial charge is 0.410 e. The number of nitrogens with zero attached hydrogens (tertiary/aromatic N) is 2. The lowest BCUT2D eigenvalue weighted by Crippen LogP contribution is -2.49. The van der Waals surface area contributed by atoms with Crippen LogP contribution in [0.15, 0.2) is 4.99 Å². The molecule has 6 nitrogen and oxygen atoms in total. The van der Waals surface area contributed by atoms with Gasteiger partial charge in [0, 0.05) is 19.2 Å². The summed E-state index contributed by atoms with van der Waals surface area (Å²) in [4.78, 5) is 18.0. The van der Waals surface area contributed by atoms with Crippen LogP contribution in [0.25, 0.3) is 0 Å². The molecular formula is C13H25N3O3. The maximum Gasteiger partial charge on any atom is 0.410 e. The van der Waals surface area contributed by atoms with Gasteiger partial charge in [0.05, 0.1) is 13.1 Å². The minimum Gasteiger partial charge on any atom is -0.444 e. The molecule has 1 rings (SSSR count). The predicted octanol–water partition coefficient (Wildman–Crippen LogP) is 0.996. The first-order valence-electron chi connectivity index (χ1n) is 6.70. The Kier molecular flexibility index (Phi) is 5.60. The Hall–Kier alpha value is -1.30. The van der Waals surface area contributed by atoms with E-state index in [4.69, 9.17) is 9.84 Å². The normalized spacial score (nSPS) is 17.7. The largest absolute Gasteiger partial charge is 0.444 e. The van der Waals surface area contributed by atoms with Crippen LogP contribution >= 0.6 is 0 Å². The van der Waals surface area contributed by atoms with E-state index in [9.17, 15) is 4.79 Å². The van der Waals surface area contributed by atoms with Crippen LogP contribution in [-0.4, -0.2) is 59.8 Å². The van der Waals surface area contributed by atoms with Crippen LogP contribution in [0.2, 0.25) is 0 Å². The van der Waals surface area contributed by atoms with Gasteiger partial charge in [-0.2, -0.15) is 0 Å². The van der Waals surface area contributed by atoms with Gasteiger partial charge >= 0.3 is 6.09 Å². The van der Waals surface area contributed by atoms with Gasteiger partial charge in [0.2, 0.25) is 0 Å². The van der Waals surface area contributed by atoms with E-state index in [2.05, 4.69) is 10.3 Å². The summed E-state index contributed by atoms with van der Waals surface area (Å²) in [6, 6.07) is 0.141. The van der Waals surface area contributed by atoms with Crippen LogP contribution in [0.1, 0.15) is 34.1 Å². The third-order valence-corrected chi connectivity index (χ3v) is 2.64.